The lowest BCUT2D eigenvalue weighted by molar-refractivity contribution is 0.153. The highest BCUT2D eigenvalue weighted by Crippen LogP contribution is 2.34. The fourth-order valence-electron chi connectivity index (χ4n) is 5.74. The molecule has 2 aromatic heterocycles. The first kappa shape index (κ1) is 25.3. The zero-order valence-electron chi connectivity index (χ0n) is 22.5. The summed E-state index contributed by atoms with van der Waals surface area (Å²) in [5.74, 6) is 0.921. The van der Waals surface area contributed by atoms with E-state index in [1.54, 1.807) is 0 Å². The van der Waals surface area contributed by atoms with Crippen LogP contribution in [0.15, 0.2) is 47.3 Å². The Morgan fingerprint density at radius 3 is 2.49 bits per heavy atom. The summed E-state index contributed by atoms with van der Waals surface area (Å²) in [6.45, 7) is 9.69. The number of aromatic amines is 1. The largest absolute Gasteiger partial charge is 0.321 e. The summed E-state index contributed by atoms with van der Waals surface area (Å²) in [4.78, 5) is 18.9. The molecule has 1 aliphatic rings. The standard InChI is InChI=1S/C30H38N6O/c1-5-8-27(29-32-33-34-36(29)25-9-6-7-10-25)35(18-23-15-11-20(2)12-16-23)19-24-17-26-21(3)13-14-22(4)28(26)31-30(24)37/h11-17,25,27H,5-10,18-19H2,1-4H3,(H,31,37)/t27-/m1/s1. The van der Waals surface area contributed by atoms with Crippen LogP contribution in [0.1, 0.15) is 91.2 Å². The van der Waals surface area contributed by atoms with Crippen LogP contribution in [0.3, 0.4) is 0 Å². The number of benzene rings is 2. The molecule has 4 aromatic rings. The van der Waals surface area contributed by atoms with Crippen LogP contribution in [0.25, 0.3) is 10.9 Å². The van der Waals surface area contributed by atoms with Gasteiger partial charge in [-0.2, -0.15) is 0 Å². The highest BCUT2D eigenvalue weighted by Gasteiger charge is 2.30. The summed E-state index contributed by atoms with van der Waals surface area (Å²) in [5, 5.41) is 14.3. The Bertz CT molecular complexity index is 1410. The topological polar surface area (TPSA) is 79.7 Å². The van der Waals surface area contributed by atoms with Gasteiger partial charge in [0.05, 0.1) is 17.6 Å². The molecule has 0 aliphatic heterocycles. The number of fused-ring (bicyclic) bond motifs is 1. The van der Waals surface area contributed by atoms with E-state index in [1.165, 1.54) is 29.5 Å². The molecular formula is C30H38N6O. The predicted molar refractivity (Wildman–Crippen MR) is 147 cm³/mol. The van der Waals surface area contributed by atoms with E-state index >= 15 is 0 Å². The van der Waals surface area contributed by atoms with Gasteiger partial charge in [0, 0.05) is 24.0 Å². The second kappa shape index (κ2) is 11.0. The molecule has 1 fully saturated rings. The molecule has 2 heterocycles. The molecule has 0 radical (unpaired) electrons. The van der Waals surface area contributed by atoms with Crippen LogP contribution < -0.4 is 5.56 Å². The fourth-order valence-corrected chi connectivity index (χ4v) is 5.74. The normalized spacial score (nSPS) is 15.2. The highest BCUT2D eigenvalue weighted by atomic mass is 16.1. The smallest absolute Gasteiger partial charge is 0.252 e. The van der Waals surface area contributed by atoms with Crippen LogP contribution in [0.5, 0.6) is 0 Å². The Morgan fingerprint density at radius 1 is 1.03 bits per heavy atom. The Labute approximate surface area is 218 Å². The highest BCUT2D eigenvalue weighted by molar-refractivity contribution is 5.85. The maximum atomic E-state index is 13.3. The van der Waals surface area contributed by atoms with Crippen molar-refractivity contribution in [3.8, 4) is 0 Å². The van der Waals surface area contributed by atoms with Gasteiger partial charge in [0.2, 0.25) is 0 Å². The van der Waals surface area contributed by atoms with E-state index in [1.807, 2.05) is 6.92 Å². The first-order valence-electron chi connectivity index (χ1n) is 13.6. The average molecular weight is 499 g/mol. The molecule has 1 N–H and O–H groups in total. The van der Waals surface area contributed by atoms with E-state index in [9.17, 15) is 4.79 Å². The number of tetrazole rings is 1. The van der Waals surface area contributed by atoms with Crippen molar-refractivity contribution in [2.45, 2.75) is 91.4 Å². The Kier molecular flexibility index (Phi) is 7.51. The molecule has 5 rings (SSSR count). The first-order chi connectivity index (χ1) is 17.9. The van der Waals surface area contributed by atoms with Crippen LogP contribution in [-0.2, 0) is 13.1 Å². The Morgan fingerprint density at radius 2 is 1.76 bits per heavy atom. The zero-order chi connectivity index (χ0) is 25.9. The summed E-state index contributed by atoms with van der Waals surface area (Å²) >= 11 is 0. The third-order valence-electron chi connectivity index (χ3n) is 7.89. The van der Waals surface area contributed by atoms with E-state index in [0.717, 1.165) is 53.5 Å². The van der Waals surface area contributed by atoms with Gasteiger partial charge in [-0.25, -0.2) is 4.68 Å². The average Bonchev–Trinajstić information content (AvgIpc) is 3.59. The number of nitrogens with one attached hydrogen (secondary N) is 1. The van der Waals surface area contributed by atoms with Crippen molar-refractivity contribution in [1.82, 2.24) is 30.1 Å². The van der Waals surface area contributed by atoms with Crippen molar-refractivity contribution >= 4 is 10.9 Å². The van der Waals surface area contributed by atoms with Gasteiger partial charge in [-0.15, -0.1) is 5.10 Å². The number of hydrogen-bond donors (Lipinski definition) is 1. The maximum Gasteiger partial charge on any atom is 0.252 e. The number of aryl methyl sites for hydroxylation is 3. The van der Waals surface area contributed by atoms with E-state index in [0.29, 0.717) is 19.1 Å². The minimum Gasteiger partial charge on any atom is -0.321 e. The minimum absolute atomic E-state index is 0.00982. The quantitative estimate of drug-likeness (QED) is 0.302. The molecule has 7 heteroatoms. The summed E-state index contributed by atoms with van der Waals surface area (Å²) in [7, 11) is 0. The van der Waals surface area contributed by atoms with Crippen molar-refractivity contribution in [2.75, 3.05) is 0 Å². The summed E-state index contributed by atoms with van der Waals surface area (Å²) in [6.07, 6.45) is 6.61. The molecule has 0 unspecified atom stereocenters. The van der Waals surface area contributed by atoms with Gasteiger partial charge in [0.1, 0.15) is 0 Å². The van der Waals surface area contributed by atoms with Crippen molar-refractivity contribution in [3.05, 3.63) is 86.5 Å². The van der Waals surface area contributed by atoms with Gasteiger partial charge >= 0.3 is 0 Å². The van der Waals surface area contributed by atoms with E-state index in [-0.39, 0.29) is 11.6 Å². The third-order valence-corrected chi connectivity index (χ3v) is 7.89. The van der Waals surface area contributed by atoms with Crippen molar-refractivity contribution in [2.24, 2.45) is 0 Å². The van der Waals surface area contributed by atoms with Gasteiger partial charge in [-0.1, -0.05) is 68.1 Å². The van der Waals surface area contributed by atoms with E-state index in [4.69, 9.17) is 0 Å². The van der Waals surface area contributed by atoms with Gasteiger partial charge in [0.15, 0.2) is 5.82 Å². The van der Waals surface area contributed by atoms with Crippen molar-refractivity contribution < 1.29 is 0 Å². The van der Waals surface area contributed by atoms with Crippen LogP contribution in [0.2, 0.25) is 0 Å². The number of aromatic nitrogens is 5. The van der Waals surface area contributed by atoms with Crippen LogP contribution in [0.4, 0.5) is 0 Å². The molecule has 194 valence electrons. The predicted octanol–water partition coefficient (Wildman–Crippen LogP) is 6.10. The van der Waals surface area contributed by atoms with Crippen LogP contribution >= 0.6 is 0 Å². The SMILES string of the molecule is CCC[C@H](c1nnnn1C1CCCC1)N(Cc1ccc(C)cc1)Cc1cc2c(C)ccc(C)c2[nH]c1=O. The zero-order valence-corrected chi connectivity index (χ0v) is 22.5. The van der Waals surface area contributed by atoms with Crippen molar-refractivity contribution in [3.63, 3.8) is 0 Å². The summed E-state index contributed by atoms with van der Waals surface area (Å²) in [5.41, 5.74) is 6.38. The first-order valence-corrected chi connectivity index (χ1v) is 13.6. The minimum atomic E-state index is -0.0271. The molecule has 37 heavy (non-hydrogen) atoms. The number of H-pyrrole nitrogens is 1. The maximum absolute atomic E-state index is 13.3. The van der Waals surface area contributed by atoms with Gasteiger partial charge in [-0.05, 0) is 73.2 Å². The molecule has 1 saturated carbocycles. The lowest BCUT2D eigenvalue weighted by Gasteiger charge is -2.31. The lowest BCUT2D eigenvalue weighted by atomic mass is 10.0. The molecule has 1 atom stereocenters. The van der Waals surface area contributed by atoms with Crippen LogP contribution in [-0.4, -0.2) is 30.1 Å². The number of nitrogens with zero attached hydrogens (tertiary/aromatic N) is 5. The summed E-state index contributed by atoms with van der Waals surface area (Å²) in [6, 6.07) is 15.3. The van der Waals surface area contributed by atoms with E-state index in [2.05, 4.69) is 93.3 Å². The molecular weight excluding hydrogens is 460 g/mol. The monoisotopic (exact) mass is 498 g/mol. The van der Waals surface area contributed by atoms with Gasteiger partial charge in [-0.3, -0.25) is 9.69 Å². The molecule has 0 spiro atoms. The van der Waals surface area contributed by atoms with Gasteiger partial charge in [0.25, 0.3) is 5.56 Å². The van der Waals surface area contributed by atoms with Crippen LogP contribution in [0, 0.1) is 20.8 Å². The molecule has 0 amide bonds. The fraction of sp³-hybridized carbons (Fsp3) is 0.467. The molecule has 0 bridgehead atoms. The molecule has 2 aromatic carbocycles. The Balaban J connectivity index is 1.57. The number of pyridine rings is 1. The van der Waals surface area contributed by atoms with E-state index < -0.39 is 0 Å². The molecule has 1 aliphatic carbocycles. The Hall–Kier alpha value is -3.32. The lowest BCUT2D eigenvalue weighted by Crippen LogP contribution is -2.33. The third kappa shape index (κ3) is 5.37. The second-order valence-electron chi connectivity index (χ2n) is 10.7. The number of rotatable bonds is 9. The second-order valence-corrected chi connectivity index (χ2v) is 10.7. The van der Waals surface area contributed by atoms with Gasteiger partial charge < -0.3 is 4.98 Å². The molecule has 0 saturated heterocycles. The summed E-state index contributed by atoms with van der Waals surface area (Å²) < 4.78 is 2.08. The van der Waals surface area contributed by atoms with Crippen molar-refractivity contribution in [1.29, 1.82) is 0 Å². The number of hydrogen-bond acceptors (Lipinski definition) is 5. The molecule has 7 nitrogen and oxygen atoms in total.